The molecule has 90 valence electrons. The molecule has 1 heterocycles. The fraction of sp³-hybridized carbons (Fsp3) is 0.250. The summed E-state index contributed by atoms with van der Waals surface area (Å²) in [6.45, 7) is 1.94. The van der Waals surface area contributed by atoms with Crippen LogP contribution in [0.25, 0.3) is 0 Å². The highest BCUT2D eigenvalue weighted by atomic mass is 79.9. The van der Waals surface area contributed by atoms with Crippen LogP contribution in [0.1, 0.15) is 22.4 Å². The second kappa shape index (κ2) is 5.16. The van der Waals surface area contributed by atoms with E-state index in [0.717, 1.165) is 20.7 Å². The van der Waals surface area contributed by atoms with Crippen molar-refractivity contribution in [2.24, 2.45) is 0 Å². The predicted octanol–water partition coefficient (Wildman–Crippen LogP) is 3.07. The Morgan fingerprint density at radius 1 is 1.53 bits per heavy atom. The zero-order chi connectivity index (χ0) is 12.4. The lowest BCUT2D eigenvalue weighted by atomic mass is 10.1. The molecule has 17 heavy (non-hydrogen) atoms. The molecule has 1 aromatic carbocycles. The number of aromatic nitrogens is 1. The summed E-state index contributed by atoms with van der Waals surface area (Å²) < 4.78 is 0.913. The van der Waals surface area contributed by atoms with Crippen LogP contribution >= 0.6 is 27.3 Å². The summed E-state index contributed by atoms with van der Waals surface area (Å²) in [4.78, 5) is 4.33. The van der Waals surface area contributed by atoms with Gasteiger partial charge in [0, 0.05) is 33.2 Å². The Hall–Kier alpha value is -0.910. The van der Waals surface area contributed by atoms with Gasteiger partial charge in [-0.15, -0.1) is 11.3 Å². The maximum absolute atomic E-state index is 10.2. The van der Waals surface area contributed by atoms with Crippen LogP contribution in [0.4, 0.5) is 5.69 Å². The van der Waals surface area contributed by atoms with E-state index >= 15 is 0 Å². The van der Waals surface area contributed by atoms with Crippen molar-refractivity contribution in [3.63, 3.8) is 0 Å². The number of anilines is 1. The highest BCUT2D eigenvalue weighted by molar-refractivity contribution is 9.10. The predicted molar refractivity (Wildman–Crippen MR) is 74.1 cm³/mol. The molecule has 0 fully saturated rings. The van der Waals surface area contributed by atoms with Gasteiger partial charge in [0.15, 0.2) is 0 Å². The first kappa shape index (κ1) is 12.5. The Bertz CT molecular complexity index is 527. The fourth-order valence-corrected chi connectivity index (χ4v) is 2.79. The molecule has 1 aromatic heterocycles. The van der Waals surface area contributed by atoms with E-state index in [1.807, 2.05) is 24.4 Å². The van der Waals surface area contributed by atoms with E-state index < -0.39 is 6.10 Å². The Morgan fingerprint density at radius 2 is 2.29 bits per heavy atom. The van der Waals surface area contributed by atoms with Crippen molar-refractivity contribution < 1.29 is 5.11 Å². The van der Waals surface area contributed by atoms with E-state index in [1.165, 1.54) is 0 Å². The zero-order valence-corrected chi connectivity index (χ0v) is 11.8. The number of aliphatic hydroxyl groups is 1. The number of thiazole rings is 1. The summed E-state index contributed by atoms with van der Waals surface area (Å²) in [6.07, 6.45) is -0.114. The van der Waals surface area contributed by atoms with E-state index in [4.69, 9.17) is 5.73 Å². The molecular formula is C12H13BrN2OS. The second-order valence-electron chi connectivity index (χ2n) is 3.88. The largest absolute Gasteiger partial charge is 0.398 e. The maximum Gasteiger partial charge on any atom is 0.0957 e. The van der Waals surface area contributed by atoms with Gasteiger partial charge >= 0.3 is 0 Å². The third-order valence-corrected chi connectivity index (χ3v) is 3.92. The molecule has 0 saturated heterocycles. The lowest BCUT2D eigenvalue weighted by molar-refractivity contribution is 0.179. The molecule has 3 nitrogen and oxygen atoms in total. The molecule has 1 unspecified atom stereocenters. The van der Waals surface area contributed by atoms with Crippen LogP contribution in [-0.4, -0.2) is 10.1 Å². The van der Waals surface area contributed by atoms with Crippen LogP contribution in [0, 0.1) is 6.92 Å². The SMILES string of the molecule is Cc1csc(CC(O)c2cc(Br)ccc2N)n1. The topological polar surface area (TPSA) is 59.1 Å². The summed E-state index contributed by atoms with van der Waals surface area (Å²) in [7, 11) is 0. The van der Waals surface area contributed by atoms with E-state index in [2.05, 4.69) is 20.9 Å². The van der Waals surface area contributed by atoms with E-state index in [1.54, 1.807) is 17.4 Å². The lowest BCUT2D eigenvalue weighted by Gasteiger charge is -2.12. The Morgan fingerprint density at radius 3 is 2.94 bits per heavy atom. The average molecular weight is 313 g/mol. The van der Waals surface area contributed by atoms with Crippen LogP contribution in [0.2, 0.25) is 0 Å². The lowest BCUT2D eigenvalue weighted by Crippen LogP contribution is -2.05. The minimum Gasteiger partial charge on any atom is -0.398 e. The van der Waals surface area contributed by atoms with Crippen LogP contribution in [0.15, 0.2) is 28.1 Å². The molecule has 0 saturated carbocycles. The Kier molecular flexibility index (Phi) is 3.81. The summed E-state index contributed by atoms with van der Waals surface area (Å²) in [5.74, 6) is 0. The first-order valence-electron chi connectivity index (χ1n) is 5.20. The second-order valence-corrected chi connectivity index (χ2v) is 5.73. The summed E-state index contributed by atoms with van der Waals surface area (Å²) >= 11 is 4.93. The van der Waals surface area contributed by atoms with Crippen LogP contribution in [-0.2, 0) is 6.42 Å². The van der Waals surface area contributed by atoms with E-state index in [9.17, 15) is 5.11 Å². The maximum atomic E-state index is 10.2. The number of nitrogens with two attached hydrogens (primary N) is 1. The van der Waals surface area contributed by atoms with E-state index in [-0.39, 0.29) is 0 Å². The van der Waals surface area contributed by atoms with Gasteiger partial charge in [0.05, 0.1) is 11.1 Å². The van der Waals surface area contributed by atoms with Gasteiger partial charge in [-0.2, -0.15) is 0 Å². The number of hydrogen-bond acceptors (Lipinski definition) is 4. The molecule has 0 aliphatic heterocycles. The van der Waals surface area contributed by atoms with Crippen LogP contribution < -0.4 is 5.73 Å². The van der Waals surface area contributed by atoms with Gasteiger partial charge in [-0.05, 0) is 25.1 Å². The third-order valence-electron chi connectivity index (χ3n) is 2.44. The molecular weight excluding hydrogens is 300 g/mol. The number of benzene rings is 1. The molecule has 2 rings (SSSR count). The number of aryl methyl sites for hydroxylation is 1. The molecule has 5 heteroatoms. The first-order valence-corrected chi connectivity index (χ1v) is 6.87. The normalized spacial score (nSPS) is 12.6. The van der Waals surface area contributed by atoms with Crippen molar-refractivity contribution >= 4 is 33.0 Å². The molecule has 0 spiro atoms. The van der Waals surface area contributed by atoms with Crippen molar-refractivity contribution in [3.05, 3.63) is 44.3 Å². The van der Waals surface area contributed by atoms with Gasteiger partial charge < -0.3 is 10.8 Å². The molecule has 2 aromatic rings. The number of hydrogen-bond donors (Lipinski definition) is 2. The molecule has 0 radical (unpaired) electrons. The van der Waals surface area contributed by atoms with Gasteiger partial charge in [-0.3, -0.25) is 0 Å². The molecule has 3 N–H and O–H groups in total. The highest BCUT2D eigenvalue weighted by Gasteiger charge is 2.14. The van der Waals surface area contributed by atoms with Crippen molar-refractivity contribution in [2.45, 2.75) is 19.4 Å². The van der Waals surface area contributed by atoms with Crippen molar-refractivity contribution in [3.8, 4) is 0 Å². The summed E-state index contributed by atoms with van der Waals surface area (Å²) in [6, 6.07) is 5.50. The number of aliphatic hydroxyl groups excluding tert-OH is 1. The third kappa shape index (κ3) is 3.06. The molecule has 1 atom stereocenters. The minimum absolute atomic E-state index is 0.499. The van der Waals surface area contributed by atoms with Crippen LogP contribution in [0.3, 0.4) is 0 Å². The molecule has 0 amide bonds. The fourth-order valence-electron chi connectivity index (χ4n) is 1.61. The molecule has 0 bridgehead atoms. The first-order chi connectivity index (χ1) is 8.06. The quantitative estimate of drug-likeness (QED) is 0.856. The monoisotopic (exact) mass is 312 g/mol. The van der Waals surface area contributed by atoms with Gasteiger partial charge in [0.1, 0.15) is 0 Å². The summed E-state index contributed by atoms with van der Waals surface area (Å²) in [5.41, 5.74) is 8.19. The number of nitrogen functional groups attached to an aromatic ring is 1. The smallest absolute Gasteiger partial charge is 0.0957 e. The minimum atomic E-state index is -0.613. The average Bonchev–Trinajstić information content (AvgIpc) is 2.67. The van der Waals surface area contributed by atoms with Gasteiger partial charge in [-0.25, -0.2) is 4.98 Å². The van der Waals surface area contributed by atoms with Crippen LogP contribution in [0.5, 0.6) is 0 Å². The van der Waals surface area contributed by atoms with Gasteiger partial charge in [0.2, 0.25) is 0 Å². The molecule has 0 aliphatic rings. The standard InChI is InChI=1S/C12H13BrN2OS/c1-7-6-17-12(15-7)5-11(16)9-4-8(13)2-3-10(9)14/h2-4,6,11,16H,5,14H2,1H3. The zero-order valence-electron chi connectivity index (χ0n) is 9.35. The Labute approximate surface area is 112 Å². The Balaban J connectivity index is 2.19. The number of halogens is 1. The number of nitrogens with zero attached hydrogens (tertiary/aromatic N) is 1. The number of rotatable bonds is 3. The van der Waals surface area contributed by atoms with Gasteiger partial charge in [-0.1, -0.05) is 15.9 Å². The van der Waals surface area contributed by atoms with E-state index in [0.29, 0.717) is 12.1 Å². The highest BCUT2D eigenvalue weighted by Crippen LogP contribution is 2.27. The van der Waals surface area contributed by atoms with Crippen molar-refractivity contribution in [2.75, 3.05) is 5.73 Å². The van der Waals surface area contributed by atoms with Gasteiger partial charge in [0.25, 0.3) is 0 Å². The van der Waals surface area contributed by atoms with Crippen molar-refractivity contribution in [1.82, 2.24) is 4.98 Å². The van der Waals surface area contributed by atoms with Crippen molar-refractivity contribution in [1.29, 1.82) is 0 Å². The molecule has 0 aliphatic carbocycles. The summed E-state index contributed by atoms with van der Waals surface area (Å²) in [5, 5.41) is 13.1.